The summed E-state index contributed by atoms with van der Waals surface area (Å²) in [5.41, 5.74) is 0.887. The van der Waals surface area contributed by atoms with Crippen molar-refractivity contribution in [3.8, 4) is 0 Å². The Bertz CT molecular complexity index is 232. The first-order chi connectivity index (χ1) is 5.77. The van der Waals surface area contributed by atoms with E-state index in [4.69, 9.17) is 5.11 Å². The number of hydrogen-bond acceptors (Lipinski definition) is 2. The van der Waals surface area contributed by atoms with E-state index >= 15 is 0 Å². The van der Waals surface area contributed by atoms with E-state index in [0.717, 1.165) is 18.4 Å². The van der Waals surface area contributed by atoms with Gasteiger partial charge in [-0.3, -0.25) is 4.68 Å². The summed E-state index contributed by atoms with van der Waals surface area (Å²) < 4.78 is 1.91. The Morgan fingerprint density at radius 1 is 1.67 bits per heavy atom. The molecule has 0 saturated heterocycles. The van der Waals surface area contributed by atoms with Crippen LogP contribution in [0.15, 0.2) is 12.4 Å². The Labute approximate surface area is 73.0 Å². The van der Waals surface area contributed by atoms with E-state index < -0.39 is 0 Å². The SMILES string of the molecule is CCCC(C)n1cc(CO)cn1. The highest BCUT2D eigenvalue weighted by Gasteiger charge is 2.04. The first-order valence-electron chi connectivity index (χ1n) is 4.41. The van der Waals surface area contributed by atoms with Gasteiger partial charge in [0.25, 0.3) is 0 Å². The van der Waals surface area contributed by atoms with Crippen LogP contribution in [0.1, 0.15) is 38.3 Å². The molecule has 1 rings (SSSR count). The minimum absolute atomic E-state index is 0.0822. The molecule has 1 N–H and O–H groups in total. The highest BCUT2D eigenvalue weighted by Crippen LogP contribution is 2.12. The van der Waals surface area contributed by atoms with Crippen LogP contribution >= 0.6 is 0 Å². The average molecular weight is 168 g/mol. The van der Waals surface area contributed by atoms with Gasteiger partial charge in [0.05, 0.1) is 12.8 Å². The second-order valence-corrected chi connectivity index (χ2v) is 3.12. The molecule has 0 radical (unpaired) electrons. The van der Waals surface area contributed by atoms with Crippen LogP contribution in [-0.4, -0.2) is 14.9 Å². The molecular weight excluding hydrogens is 152 g/mol. The van der Waals surface area contributed by atoms with Crippen LogP contribution in [0, 0.1) is 0 Å². The molecule has 1 atom stereocenters. The molecule has 1 unspecified atom stereocenters. The lowest BCUT2D eigenvalue weighted by Gasteiger charge is -2.09. The Hall–Kier alpha value is -0.830. The van der Waals surface area contributed by atoms with Gasteiger partial charge in [-0.25, -0.2) is 0 Å². The van der Waals surface area contributed by atoms with Gasteiger partial charge < -0.3 is 5.11 Å². The number of hydrogen-bond donors (Lipinski definition) is 1. The highest BCUT2D eigenvalue weighted by atomic mass is 16.3. The molecule has 0 bridgehead atoms. The molecule has 1 aromatic rings. The molecule has 1 aromatic heterocycles. The monoisotopic (exact) mass is 168 g/mol. The molecule has 0 aliphatic rings. The summed E-state index contributed by atoms with van der Waals surface area (Å²) >= 11 is 0. The molecule has 0 aromatic carbocycles. The van der Waals surface area contributed by atoms with Gasteiger partial charge in [0.2, 0.25) is 0 Å². The van der Waals surface area contributed by atoms with Crippen LogP contribution in [0.2, 0.25) is 0 Å². The Morgan fingerprint density at radius 3 is 2.92 bits per heavy atom. The molecule has 0 saturated carbocycles. The summed E-state index contributed by atoms with van der Waals surface area (Å²) in [7, 11) is 0. The minimum atomic E-state index is 0.0822. The molecule has 3 heteroatoms. The minimum Gasteiger partial charge on any atom is -0.392 e. The predicted octanol–water partition coefficient (Wildman–Crippen LogP) is 1.74. The maximum atomic E-state index is 8.81. The lowest BCUT2D eigenvalue weighted by atomic mass is 10.2. The van der Waals surface area contributed by atoms with Gasteiger partial charge in [-0.2, -0.15) is 5.10 Å². The summed E-state index contributed by atoms with van der Waals surface area (Å²) in [5, 5.41) is 13.0. The number of aromatic nitrogens is 2. The van der Waals surface area contributed by atoms with Gasteiger partial charge in [-0.05, 0) is 13.3 Å². The van der Waals surface area contributed by atoms with Gasteiger partial charge in [0.1, 0.15) is 0 Å². The summed E-state index contributed by atoms with van der Waals surface area (Å²) in [6, 6.07) is 0.440. The summed E-state index contributed by atoms with van der Waals surface area (Å²) in [6.45, 7) is 4.38. The first kappa shape index (κ1) is 9.26. The molecule has 1 heterocycles. The van der Waals surface area contributed by atoms with Gasteiger partial charge in [0.15, 0.2) is 0 Å². The van der Waals surface area contributed by atoms with Gasteiger partial charge in [0, 0.05) is 17.8 Å². The molecule has 68 valence electrons. The largest absolute Gasteiger partial charge is 0.392 e. The molecule has 0 spiro atoms. The van der Waals surface area contributed by atoms with E-state index in [1.54, 1.807) is 6.20 Å². The zero-order valence-electron chi connectivity index (χ0n) is 7.70. The van der Waals surface area contributed by atoms with Gasteiger partial charge in [-0.15, -0.1) is 0 Å². The normalized spacial score (nSPS) is 13.2. The fraction of sp³-hybridized carbons (Fsp3) is 0.667. The van der Waals surface area contributed by atoms with Crippen molar-refractivity contribution in [2.24, 2.45) is 0 Å². The third-order valence-electron chi connectivity index (χ3n) is 2.00. The van der Waals surface area contributed by atoms with Crippen LogP contribution in [0.5, 0.6) is 0 Å². The molecule has 12 heavy (non-hydrogen) atoms. The number of aliphatic hydroxyl groups excluding tert-OH is 1. The maximum Gasteiger partial charge on any atom is 0.0712 e. The lowest BCUT2D eigenvalue weighted by molar-refractivity contribution is 0.281. The van der Waals surface area contributed by atoms with E-state index in [-0.39, 0.29) is 6.61 Å². The highest BCUT2D eigenvalue weighted by molar-refractivity contribution is 5.02. The van der Waals surface area contributed by atoms with Crippen LogP contribution < -0.4 is 0 Å². The standard InChI is InChI=1S/C9H16N2O/c1-3-4-8(2)11-6-9(7-12)5-10-11/h5-6,8,12H,3-4,7H2,1-2H3. The fourth-order valence-electron chi connectivity index (χ4n) is 1.25. The molecular formula is C9H16N2O. The van der Waals surface area contributed by atoms with Gasteiger partial charge in [-0.1, -0.05) is 13.3 Å². The van der Waals surface area contributed by atoms with Crippen molar-refractivity contribution in [2.45, 2.75) is 39.3 Å². The number of aliphatic hydroxyl groups is 1. The van der Waals surface area contributed by atoms with Crippen molar-refractivity contribution < 1.29 is 5.11 Å². The van der Waals surface area contributed by atoms with Crippen LogP contribution in [0.3, 0.4) is 0 Å². The van der Waals surface area contributed by atoms with E-state index in [0.29, 0.717) is 6.04 Å². The second kappa shape index (κ2) is 4.26. The summed E-state index contributed by atoms with van der Waals surface area (Å²) in [6.07, 6.45) is 5.91. The number of nitrogens with zero attached hydrogens (tertiary/aromatic N) is 2. The average Bonchev–Trinajstić information content (AvgIpc) is 2.52. The molecule has 0 amide bonds. The van der Waals surface area contributed by atoms with Crippen molar-refractivity contribution in [1.82, 2.24) is 9.78 Å². The van der Waals surface area contributed by atoms with E-state index in [1.807, 2.05) is 10.9 Å². The summed E-state index contributed by atoms with van der Waals surface area (Å²) in [4.78, 5) is 0. The van der Waals surface area contributed by atoms with E-state index in [1.165, 1.54) is 0 Å². The fourth-order valence-corrected chi connectivity index (χ4v) is 1.25. The van der Waals surface area contributed by atoms with Crippen molar-refractivity contribution in [2.75, 3.05) is 0 Å². The zero-order valence-corrected chi connectivity index (χ0v) is 7.70. The van der Waals surface area contributed by atoms with Crippen molar-refractivity contribution in [3.63, 3.8) is 0 Å². The van der Waals surface area contributed by atoms with Gasteiger partial charge >= 0.3 is 0 Å². The van der Waals surface area contributed by atoms with Crippen molar-refractivity contribution in [3.05, 3.63) is 18.0 Å². The second-order valence-electron chi connectivity index (χ2n) is 3.12. The van der Waals surface area contributed by atoms with Crippen molar-refractivity contribution in [1.29, 1.82) is 0 Å². The van der Waals surface area contributed by atoms with Crippen LogP contribution in [0.4, 0.5) is 0 Å². The Balaban J connectivity index is 2.61. The van der Waals surface area contributed by atoms with Crippen LogP contribution in [-0.2, 0) is 6.61 Å². The van der Waals surface area contributed by atoms with Crippen LogP contribution in [0.25, 0.3) is 0 Å². The lowest BCUT2D eigenvalue weighted by Crippen LogP contribution is -2.04. The van der Waals surface area contributed by atoms with Crippen molar-refractivity contribution >= 4 is 0 Å². The van der Waals surface area contributed by atoms with E-state index in [2.05, 4.69) is 18.9 Å². The maximum absolute atomic E-state index is 8.81. The summed E-state index contributed by atoms with van der Waals surface area (Å²) in [5.74, 6) is 0. The topological polar surface area (TPSA) is 38.0 Å². The predicted molar refractivity (Wildman–Crippen MR) is 47.8 cm³/mol. The molecule has 0 aliphatic carbocycles. The third kappa shape index (κ3) is 2.08. The molecule has 0 aliphatic heterocycles. The van der Waals surface area contributed by atoms with E-state index in [9.17, 15) is 0 Å². The molecule has 0 fully saturated rings. The molecule has 3 nitrogen and oxygen atoms in total. The first-order valence-corrected chi connectivity index (χ1v) is 4.41. The Morgan fingerprint density at radius 2 is 2.42 bits per heavy atom. The Kier molecular flexibility index (Phi) is 3.29. The third-order valence-corrected chi connectivity index (χ3v) is 2.00. The quantitative estimate of drug-likeness (QED) is 0.743. The zero-order chi connectivity index (χ0) is 8.97. The smallest absolute Gasteiger partial charge is 0.0712 e. The number of rotatable bonds is 4.